The Kier molecular flexibility index (Phi) is 7.88. The first kappa shape index (κ1) is 25.6. The van der Waals surface area contributed by atoms with Crippen molar-refractivity contribution in [3.8, 4) is 5.75 Å². The zero-order chi connectivity index (χ0) is 25.7. The lowest BCUT2D eigenvalue weighted by Gasteiger charge is -2.21. The van der Waals surface area contributed by atoms with Crippen LogP contribution in [0.5, 0.6) is 5.75 Å². The third-order valence-electron chi connectivity index (χ3n) is 5.48. The maximum absolute atomic E-state index is 13.6. The number of rotatable bonds is 10. The van der Waals surface area contributed by atoms with E-state index in [0.717, 1.165) is 23.2 Å². The van der Waals surface area contributed by atoms with Crippen LogP contribution >= 0.6 is 11.3 Å². The van der Waals surface area contributed by atoms with Crippen LogP contribution in [-0.2, 0) is 10.0 Å². The van der Waals surface area contributed by atoms with Crippen molar-refractivity contribution in [2.75, 3.05) is 43.9 Å². The maximum Gasteiger partial charge on any atom is 0.261 e. The zero-order valence-electron chi connectivity index (χ0n) is 20.3. The molecule has 0 saturated heterocycles. The fourth-order valence-electron chi connectivity index (χ4n) is 3.65. The molecule has 10 heteroatoms. The predicted octanol–water partition coefficient (Wildman–Crippen LogP) is 4.70. The number of para-hydroxylation sites is 1. The molecule has 0 atom stereocenters. The molecule has 188 valence electrons. The molecule has 1 aromatic heterocycles. The average molecular weight is 525 g/mol. The highest BCUT2D eigenvalue weighted by Crippen LogP contribution is 2.30. The zero-order valence-corrected chi connectivity index (χ0v) is 22.0. The van der Waals surface area contributed by atoms with Crippen LogP contribution < -0.4 is 14.4 Å². The molecule has 1 heterocycles. The summed E-state index contributed by atoms with van der Waals surface area (Å²) in [6.07, 6.45) is 0.762. The fourth-order valence-corrected chi connectivity index (χ4v) is 5.68. The van der Waals surface area contributed by atoms with E-state index >= 15 is 0 Å². The van der Waals surface area contributed by atoms with Gasteiger partial charge in [-0.05, 0) is 81.7 Å². The van der Waals surface area contributed by atoms with Crippen LogP contribution in [0.15, 0.2) is 77.7 Å². The molecule has 3 aromatic carbocycles. The summed E-state index contributed by atoms with van der Waals surface area (Å²) in [5.74, 6) is 0.323. The lowest BCUT2D eigenvalue weighted by atomic mass is 10.2. The van der Waals surface area contributed by atoms with Crippen LogP contribution in [-0.4, -0.2) is 58.5 Å². The van der Waals surface area contributed by atoms with Gasteiger partial charge in [-0.2, -0.15) is 0 Å². The van der Waals surface area contributed by atoms with Crippen LogP contribution in [0, 0.1) is 0 Å². The first-order chi connectivity index (χ1) is 17.3. The molecule has 0 bridgehead atoms. The smallest absolute Gasteiger partial charge is 0.261 e. The molecule has 0 radical (unpaired) electrons. The first-order valence-electron chi connectivity index (χ1n) is 11.4. The Morgan fingerprint density at radius 2 is 1.75 bits per heavy atom. The Bertz CT molecular complexity index is 1420. The molecular weight excluding hydrogens is 496 g/mol. The van der Waals surface area contributed by atoms with Gasteiger partial charge in [0.15, 0.2) is 5.13 Å². The molecule has 0 aliphatic heterocycles. The highest BCUT2D eigenvalue weighted by Gasteiger charge is 2.22. The normalized spacial score (nSPS) is 11.6. The summed E-state index contributed by atoms with van der Waals surface area (Å²) in [4.78, 5) is 22.2. The van der Waals surface area contributed by atoms with Crippen molar-refractivity contribution in [2.24, 2.45) is 0 Å². The molecule has 0 fully saturated rings. The van der Waals surface area contributed by atoms with Crippen LogP contribution in [0.4, 0.5) is 10.8 Å². The number of benzene rings is 3. The number of thiazole rings is 1. The van der Waals surface area contributed by atoms with Crippen molar-refractivity contribution < 1.29 is 17.9 Å². The van der Waals surface area contributed by atoms with Gasteiger partial charge < -0.3 is 9.64 Å². The van der Waals surface area contributed by atoms with Crippen LogP contribution in [0.25, 0.3) is 10.2 Å². The lowest BCUT2D eigenvalue weighted by molar-refractivity contribution is 0.0986. The Balaban J connectivity index is 1.60. The van der Waals surface area contributed by atoms with Crippen molar-refractivity contribution in [3.05, 3.63) is 78.4 Å². The van der Waals surface area contributed by atoms with E-state index in [9.17, 15) is 13.2 Å². The predicted molar refractivity (Wildman–Crippen MR) is 145 cm³/mol. The maximum atomic E-state index is 13.6. The summed E-state index contributed by atoms with van der Waals surface area (Å²) in [5, 5.41) is 0.615. The molecule has 0 spiro atoms. The van der Waals surface area contributed by atoms with E-state index in [2.05, 4.69) is 14.6 Å². The van der Waals surface area contributed by atoms with Gasteiger partial charge in [-0.3, -0.25) is 14.4 Å². The van der Waals surface area contributed by atoms with Gasteiger partial charge in [0, 0.05) is 17.8 Å². The number of amides is 1. The Morgan fingerprint density at radius 1 is 1.00 bits per heavy atom. The van der Waals surface area contributed by atoms with Crippen LogP contribution in [0.2, 0.25) is 0 Å². The van der Waals surface area contributed by atoms with Gasteiger partial charge in [-0.15, -0.1) is 0 Å². The third-order valence-corrected chi connectivity index (χ3v) is 7.93. The Morgan fingerprint density at radius 3 is 2.44 bits per heavy atom. The van der Waals surface area contributed by atoms with Crippen molar-refractivity contribution in [3.63, 3.8) is 0 Å². The number of methoxy groups -OCH3 is 1. The topological polar surface area (TPSA) is 91.8 Å². The molecule has 4 aromatic rings. The highest BCUT2D eigenvalue weighted by atomic mass is 32.2. The molecule has 4 rings (SSSR count). The first-order valence-corrected chi connectivity index (χ1v) is 13.7. The van der Waals surface area contributed by atoms with E-state index < -0.39 is 10.0 Å². The van der Waals surface area contributed by atoms with Gasteiger partial charge in [-0.25, -0.2) is 13.4 Å². The number of carbonyl (C=O) groups is 1. The molecule has 1 N–H and O–H groups in total. The summed E-state index contributed by atoms with van der Waals surface area (Å²) < 4.78 is 34.4. The summed E-state index contributed by atoms with van der Waals surface area (Å²) in [6, 6.07) is 20.4. The largest absolute Gasteiger partial charge is 0.497 e. The van der Waals surface area contributed by atoms with E-state index in [1.54, 1.807) is 41.3 Å². The number of hydrogen-bond donors (Lipinski definition) is 1. The standard InChI is InChI=1S/C26H28N4O4S2/c1-29(2)16-7-17-30(26-27-23-10-4-5-11-24(23)35-26)25(31)19-8-6-9-20(18-19)28-36(32,33)22-14-12-21(34-3)13-15-22/h4-6,8-15,18,28H,7,16-17H2,1-3H3. The van der Waals surface area contributed by atoms with Gasteiger partial charge in [0.25, 0.3) is 15.9 Å². The third kappa shape index (κ3) is 6.01. The quantitative estimate of drug-likeness (QED) is 0.323. The van der Waals surface area contributed by atoms with Gasteiger partial charge >= 0.3 is 0 Å². The van der Waals surface area contributed by atoms with Gasteiger partial charge in [0.2, 0.25) is 0 Å². The number of fused-ring (bicyclic) bond motifs is 1. The van der Waals surface area contributed by atoms with Crippen molar-refractivity contribution in [2.45, 2.75) is 11.3 Å². The fraction of sp³-hybridized carbons (Fsp3) is 0.231. The van der Waals surface area contributed by atoms with Crippen molar-refractivity contribution in [1.29, 1.82) is 0 Å². The number of sulfonamides is 1. The summed E-state index contributed by atoms with van der Waals surface area (Å²) in [7, 11) is 1.65. The SMILES string of the molecule is COc1ccc(S(=O)(=O)Nc2cccc(C(=O)N(CCCN(C)C)c3nc4ccccc4s3)c2)cc1. The summed E-state index contributed by atoms with van der Waals surface area (Å²) in [6.45, 7) is 1.30. The minimum absolute atomic E-state index is 0.0971. The average Bonchev–Trinajstić information content (AvgIpc) is 3.30. The Hall–Kier alpha value is -3.47. The number of hydrogen-bond acceptors (Lipinski definition) is 7. The van der Waals surface area contributed by atoms with E-state index in [1.807, 2.05) is 38.4 Å². The number of nitrogens with one attached hydrogen (secondary N) is 1. The van der Waals surface area contributed by atoms with Crippen LogP contribution in [0.3, 0.4) is 0 Å². The van der Waals surface area contributed by atoms with Crippen LogP contribution in [0.1, 0.15) is 16.8 Å². The van der Waals surface area contributed by atoms with E-state index in [-0.39, 0.29) is 10.8 Å². The van der Waals surface area contributed by atoms with Crippen molar-refractivity contribution in [1.82, 2.24) is 9.88 Å². The number of nitrogens with zero attached hydrogens (tertiary/aromatic N) is 3. The van der Waals surface area contributed by atoms with E-state index in [1.165, 1.54) is 30.6 Å². The van der Waals surface area contributed by atoms with Crippen molar-refractivity contribution >= 4 is 48.3 Å². The molecule has 0 aliphatic carbocycles. The molecule has 1 amide bonds. The van der Waals surface area contributed by atoms with E-state index in [4.69, 9.17) is 4.74 Å². The molecule has 36 heavy (non-hydrogen) atoms. The van der Waals surface area contributed by atoms with E-state index in [0.29, 0.717) is 28.7 Å². The number of ether oxygens (including phenoxy) is 1. The second kappa shape index (κ2) is 11.1. The monoisotopic (exact) mass is 524 g/mol. The number of carbonyl (C=O) groups excluding carboxylic acids is 1. The molecule has 0 unspecified atom stereocenters. The lowest BCUT2D eigenvalue weighted by Crippen LogP contribution is -2.33. The summed E-state index contributed by atoms with van der Waals surface area (Å²) in [5.41, 5.74) is 1.51. The summed E-state index contributed by atoms with van der Waals surface area (Å²) >= 11 is 1.46. The molecule has 8 nitrogen and oxygen atoms in total. The second-order valence-electron chi connectivity index (χ2n) is 8.44. The molecule has 0 aliphatic rings. The Labute approximate surface area is 215 Å². The number of aromatic nitrogens is 1. The molecule has 0 saturated carbocycles. The van der Waals surface area contributed by atoms with Gasteiger partial charge in [0.1, 0.15) is 5.75 Å². The minimum Gasteiger partial charge on any atom is -0.497 e. The van der Waals surface area contributed by atoms with Gasteiger partial charge in [-0.1, -0.05) is 29.5 Å². The second-order valence-corrected chi connectivity index (χ2v) is 11.1. The highest BCUT2D eigenvalue weighted by molar-refractivity contribution is 7.92. The minimum atomic E-state index is -3.84. The molecular formula is C26H28N4O4S2. The van der Waals surface area contributed by atoms with Gasteiger partial charge in [0.05, 0.1) is 22.2 Å². The number of anilines is 2.